The van der Waals surface area contributed by atoms with E-state index < -0.39 is 11.9 Å². The number of benzene rings is 1. The van der Waals surface area contributed by atoms with Gasteiger partial charge in [-0.3, -0.25) is 4.98 Å². The Morgan fingerprint density at radius 3 is 2.67 bits per heavy atom. The topological polar surface area (TPSA) is 50.2 Å². The maximum Gasteiger partial charge on any atom is 0.336 e. The van der Waals surface area contributed by atoms with Crippen LogP contribution >= 0.6 is 15.9 Å². The second-order valence-electron chi connectivity index (χ2n) is 5.42. The number of carboxylic acids is 1. The summed E-state index contributed by atoms with van der Waals surface area (Å²) in [6, 6.07) is 5.15. The lowest BCUT2D eigenvalue weighted by molar-refractivity contribution is -0.0876. The van der Waals surface area contributed by atoms with Crippen molar-refractivity contribution in [3.8, 4) is 0 Å². The van der Waals surface area contributed by atoms with Crippen molar-refractivity contribution in [2.24, 2.45) is 0 Å². The highest BCUT2D eigenvalue weighted by Crippen LogP contribution is 2.49. The number of rotatable bonds is 2. The summed E-state index contributed by atoms with van der Waals surface area (Å²) in [5.74, 6) is -4.09. The molecule has 21 heavy (non-hydrogen) atoms. The molecule has 1 saturated carbocycles. The van der Waals surface area contributed by atoms with Gasteiger partial charge in [-0.2, -0.15) is 0 Å². The third-order valence-corrected chi connectivity index (χ3v) is 4.41. The Hall–Kier alpha value is -1.56. The number of pyridine rings is 1. The van der Waals surface area contributed by atoms with Crippen LogP contribution in [0.4, 0.5) is 8.78 Å². The first-order valence-electron chi connectivity index (χ1n) is 6.49. The van der Waals surface area contributed by atoms with E-state index in [0.29, 0.717) is 22.2 Å². The molecule has 110 valence electrons. The number of alkyl halides is 2. The quantitative estimate of drug-likeness (QED) is 0.861. The molecule has 1 aliphatic rings. The summed E-state index contributed by atoms with van der Waals surface area (Å²) < 4.78 is 26.9. The van der Waals surface area contributed by atoms with Gasteiger partial charge in [0.15, 0.2) is 0 Å². The Bertz CT molecular complexity index is 753. The van der Waals surface area contributed by atoms with Gasteiger partial charge in [-0.25, -0.2) is 13.6 Å². The van der Waals surface area contributed by atoms with E-state index in [1.165, 1.54) is 0 Å². The third kappa shape index (κ3) is 2.41. The molecule has 1 aromatic heterocycles. The lowest BCUT2D eigenvalue weighted by Crippen LogP contribution is -2.34. The van der Waals surface area contributed by atoms with Crippen LogP contribution in [0.15, 0.2) is 22.7 Å². The lowest BCUT2D eigenvalue weighted by atomic mass is 9.77. The fourth-order valence-electron chi connectivity index (χ4n) is 2.88. The normalized spacial score (nSPS) is 17.7. The Morgan fingerprint density at radius 1 is 1.43 bits per heavy atom. The van der Waals surface area contributed by atoms with Gasteiger partial charge in [0.05, 0.1) is 11.1 Å². The zero-order chi connectivity index (χ0) is 15.4. The molecule has 1 aromatic carbocycles. The molecular weight excluding hydrogens is 344 g/mol. The van der Waals surface area contributed by atoms with Gasteiger partial charge >= 0.3 is 5.97 Å². The van der Waals surface area contributed by atoms with E-state index in [1.54, 1.807) is 25.1 Å². The molecule has 6 heteroatoms. The first-order valence-corrected chi connectivity index (χ1v) is 7.29. The van der Waals surface area contributed by atoms with Crippen molar-refractivity contribution in [1.82, 2.24) is 4.98 Å². The smallest absolute Gasteiger partial charge is 0.336 e. The Morgan fingerprint density at radius 2 is 2.10 bits per heavy atom. The molecule has 0 unspecified atom stereocenters. The number of hydrogen-bond donors (Lipinski definition) is 1. The monoisotopic (exact) mass is 355 g/mol. The van der Waals surface area contributed by atoms with E-state index in [9.17, 15) is 18.7 Å². The fraction of sp³-hybridized carbons (Fsp3) is 0.333. The van der Waals surface area contributed by atoms with Crippen LogP contribution in [0.2, 0.25) is 0 Å². The molecule has 0 saturated heterocycles. The van der Waals surface area contributed by atoms with Crippen LogP contribution < -0.4 is 0 Å². The van der Waals surface area contributed by atoms with Gasteiger partial charge in [0.2, 0.25) is 5.92 Å². The average molecular weight is 356 g/mol. The van der Waals surface area contributed by atoms with Gasteiger partial charge in [-0.05, 0) is 30.7 Å². The van der Waals surface area contributed by atoms with Crippen LogP contribution in [0.3, 0.4) is 0 Å². The van der Waals surface area contributed by atoms with Crippen LogP contribution in [0.5, 0.6) is 0 Å². The van der Waals surface area contributed by atoms with Gasteiger partial charge in [0.25, 0.3) is 0 Å². The number of aromatic nitrogens is 1. The number of carboxylic acid groups (broad SMARTS) is 1. The molecule has 1 fully saturated rings. The SMILES string of the molecule is Cc1c(C2CC(F)(F)C2)nc2ccc(Br)cc2c1C(=O)O. The number of aromatic carboxylic acids is 1. The molecular formula is C15H12BrF2NO2. The summed E-state index contributed by atoms with van der Waals surface area (Å²) in [7, 11) is 0. The third-order valence-electron chi connectivity index (χ3n) is 3.92. The fourth-order valence-corrected chi connectivity index (χ4v) is 3.24. The molecule has 2 aromatic rings. The molecule has 3 rings (SSSR count). The van der Waals surface area contributed by atoms with E-state index in [1.807, 2.05) is 0 Å². The highest BCUT2D eigenvalue weighted by atomic mass is 79.9. The predicted molar refractivity (Wildman–Crippen MR) is 78.1 cm³/mol. The number of fused-ring (bicyclic) bond motifs is 1. The predicted octanol–water partition coefficient (Wildman–Crippen LogP) is 4.52. The summed E-state index contributed by atoms with van der Waals surface area (Å²) in [4.78, 5) is 16.0. The summed E-state index contributed by atoms with van der Waals surface area (Å²) in [5.41, 5.74) is 1.62. The van der Waals surface area contributed by atoms with Crippen LogP contribution in [0.25, 0.3) is 10.9 Å². The van der Waals surface area contributed by atoms with Crippen molar-refractivity contribution < 1.29 is 18.7 Å². The molecule has 0 bridgehead atoms. The van der Waals surface area contributed by atoms with Gasteiger partial charge < -0.3 is 5.11 Å². The zero-order valence-corrected chi connectivity index (χ0v) is 12.7. The van der Waals surface area contributed by atoms with E-state index in [2.05, 4.69) is 20.9 Å². The minimum atomic E-state index is -2.66. The Kier molecular flexibility index (Phi) is 3.24. The molecule has 0 atom stereocenters. The molecule has 0 aliphatic heterocycles. The van der Waals surface area contributed by atoms with Gasteiger partial charge in [-0.15, -0.1) is 0 Å². The maximum absolute atomic E-state index is 13.1. The summed E-state index contributed by atoms with van der Waals surface area (Å²) in [5, 5.41) is 9.98. The van der Waals surface area contributed by atoms with Crippen LogP contribution in [-0.4, -0.2) is 22.0 Å². The second kappa shape index (κ2) is 4.73. The van der Waals surface area contributed by atoms with Crippen molar-refractivity contribution in [2.45, 2.75) is 31.6 Å². The molecule has 0 amide bonds. The first kappa shape index (κ1) is 14.4. The van der Waals surface area contributed by atoms with E-state index in [0.717, 1.165) is 4.47 Å². The van der Waals surface area contributed by atoms with Crippen molar-refractivity contribution in [3.63, 3.8) is 0 Å². The van der Waals surface area contributed by atoms with E-state index in [4.69, 9.17) is 0 Å². The highest BCUT2D eigenvalue weighted by Gasteiger charge is 2.47. The molecule has 1 heterocycles. The number of hydrogen-bond acceptors (Lipinski definition) is 2. The molecule has 3 nitrogen and oxygen atoms in total. The zero-order valence-electron chi connectivity index (χ0n) is 11.2. The number of nitrogens with zero attached hydrogens (tertiary/aromatic N) is 1. The van der Waals surface area contributed by atoms with Gasteiger partial charge in [0.1, 0.15) is 0 Å². The maximum atomic E-state index is 13.1. The Balaban J connectivity index is 2.21. The van der Waals surface area contributed by atoms with Crippen LogP contribution in [0, 0.1) is 6.92 Å². The lowest BCUT2D eigenvalue weighted by Gasteiger charge is -2.35. The summed E-state index contributed by atoms with van der Waals surface area (Å²) in [6.45, 7) is 1.64. The van der Waals surface area contributed by atoms with Crippen molar-refractivity contribution in [2.75, 3.05) is 0 Å². The summed E-state index contributed by atoms with van der Waals surface area (Å²) in [6.07, 6.45) is -0.524. The van der Waals surface area contributed by atoms with E-state index >= 15 is 0 Å². The molecule has 1 N–H and O–H groups in total. The number of halogens is 3. The standard InChI is InChI=1S/C15H12BrF2NO2/c1-7-12(14(20)21)10-4-9(16)2-3-11(10)19-13(7)8-5-15(17,18)6-8/h2-4,8H,5-6H2,1H3,(H,20,21). The van der Waals surface area contributed by atoms with Gasteiger partial charge in [-0.1, -0.05) is 15.9 Å². The molecule has 0 spiro atoms. The second-order valence-corrected chi connectivity index (χ2v) is 6.34. The van der Waals surface area contributed by atoms with Crippen molar-refractivity contribution >= 4 is 32.8 Å². The molecule has 1 aliphatic carbocycles. The Labute approximate surface area is 128 Å². The minimum Gasteiger partial charge on any atom is -0.478 e. The summed E-state index contributed by atoms with van der Waals surface area (Å²) >= 11 is 3.31. The first-order chi connectivity index (χ1) is 9.78. The van der Waals surface area contributed by atoms with Gasteiger partial charge in [0, 0.05) is 34.3 Å². The highest BCUT2D eigenvalue weighted by molar-refractivity contribution is 9.10. The molecule has 0 radical (unpaired) electrons. The van der Waals surface area contributed by atoms with E-state index in [-0.39, 0.29) is 24.3 Å². The minimum absolute atomic E-state index is 0.145. The van der Waals surface area contributed by atoms with Crippen LogP contribution in [-0.2, 0) is 0 Å². The number of carbonyl (C=O) groups is 1. The van der Waals surface area contributed by atoms with Crippen molar-refractivity contribution in [1.29, 1.82) is 0 Å². The average Bonchev–Trinajstić information content (AvgIpc) is 2.34. The van der Waals surface area contributed by atoms with Crippen LogP contribution in [0.1, 0.15) is 40.4 Å². The largest absolute Gasteiger partial charge is 0.478 e. The van der Waals surface area contributed by atoms with Crippen molar-refractivity contribution in [3.05, 3.63) is 39.5 Å².